The van der Waals surface area contributed by atoms with Crippen LogP contribution in [-0.2, 0) is 26.4 Å². The lowest BCUT2D eigenvalue weighted by molar-refractivity contribution is -0.00869. The number of hydrogen-bond acceptors (Lipinski definition) is 10. The summed E-state index contributed by atoms with van der Waals surface area (Å²) in [6.07, 6.45) is 5.93. The Morgan fingerprint density at radius 3 is 2.51 bits per heavy atom. The fraction of sp³-hybridized carbons (Fsp3) is 0.414. The topological polar surface area (TPSA) is 106 Å². The number of hydrogen-bond donors (Lipinski definition) is 0. The molecular weight excluding hydrogens is 544 g/mol. The van der Waals surface area contributed by atoms with Crippen LogP contribution in [0.25, 0.3) is 6.08 Å². The Morgan fingerprint density at radius 1 is 1.00 bits per heavy atom. The van der Waals surface area contributed by atoms with Crippen molar-refractivity contribution < 1.29 is 32.3 Å². The minimum Gasteiger partial charge on any atom is -0.497 e. The molecule has 3 aliphatic rings. The van der Waals surface area contributed by atoms with Gasteiger partial charge in [0.2, 0.25) is 0 Å². The summed E-state index contributed by atoms with van der Waals surface area (Å²) in [6.45, 7) is 5.66. The van der Waals surface area contributed by atoms with Gasteiger partial charge in [-0.1, -0.05) is 17.3 Å². The zero-order valence-corrected chi connectivity index (χ0v) is 24.5. The largest absolute Gasteiger partial charge is 0.501 e. The summed E-state index contributed by atoms with van der Waals surface area (Å²) >= 11 is 0. The number of benzene rings is 2. The Labute approximate surface area is 240 Å². The lowest BCUT2D eigenvalue weighted by atomic mass is 10.1. The molecular formula is C29H36N4O7Si. The van der Waals surface area contributed by atoms with Crippen LogP contribution in [0, 0.1) is 0 Å². The third-order valence-corrected chi connectivity index (χ3v) is 9.90. The van der Waals surface area contributed by atoms with Crippen LogP contribution in [0.1, 0.15) is 28.0 Å². The Balaban J connectivity index is 1.12. The first-order valence-corrected chi connectivity index (χ1v) is 15.7. The van der Waals surface area contributed by atoms with Crippen LogP contribution in [0.2, 0.25) is 6.04 Å². The molecule has 0 N–H and O–H groups in total. The highest BCUT2D eigenvalue weighted by Gasteiger charge is 2.43. The average molecular weight is 581 g/mol. The van der Waals surface area contributed by atoms with Crippen molar-refractivity contribution in [1.29, 1.82) is 0 Å². The molecule has 3 aromatic rings. The van der Waals surface area contributed by atoms with Crippen LogP contribution in [0.4, 0.5) is 0 Å². The van der Waals surface area contributed by atoms with Crippen molar-refractivity contribution in [2.45, 2.75) is 25.6 Å². The molecule has 0 radical (unpaired) electrons. The van der Waals surface area contributed by atoms with Gasteiger partial charge < -0.3 is 27.5 Å². The molecule has 4 heterocycles. The number of rotatable bonds is 12. The molecule has 41 heavy (non-hydrogen) atoms. The van der Waals surface area contributed by atoms with Crippen LogP contribution in [0.5, 0.6) is 17.2 Å². The van der Waals surface area contributed by atoms with E-state index < -0.39 is 8.80 Å². The molecule has 1 aromatic heterocycles. The van der Waals surface area contributed by atoms with Gasteiger partial charge in [0.15, 0.2) is 5.78 Å². The van der Waals surface area contributed by atoms with E-state index in [1.807, 2.05) is 24.4 Å². The molecule has 3 fully saturated rings. The lowest BCUT2D eigenvalue weighted by Crippen LogP contribution is -2.55. The molecule has 0 spiro atoms. The maximum Gasteiger partial charge on any atom is 0.501 e. The molecule has 0 aliphatic carbocycles. The van der Waals surface area contributed by atoms with E-state index in [4.69, 9.17) is 27.5 Å². The normalized spacial score (nSPS) is 20.8. The Morgan fingerprint density at radius 2 is 1.78 bits per heavy atom. The monoisotopic (exact) mass is 580 g/mol. The SMILES string of the molecule is COc1ccc(/C=C/C(=O)c2cccc(OCc3cn(CCC[Si]45OCCN(CCO4)CCO5)nn3)c2)c(OC)c1. The number of methoxy groups -OCH3 is 2. The van der Waals surface area contributed by atoms with Gasteiger partial charge >= 0.3 is 8.80 Å². The molecule has 3 aliphatic heterocycles. The van der Waals surface area contributed by atoms with Crippen molar-refractivity contribution in [3.8, 4) is 17.2 Å². The number of aryl methyl sites for hydroxylation is 1. The molecule has 0 atom stereocenters. The molecule has 11 nitrogen and oxygen atoms in total. The zero-order valence-electron chi connectivity index (χ0n) is 23.5. The van der Waals surface area contributed by atoms with Gasteiger partial charge in [-0.3, -0.25) is 14.4 Å². The molecule has 0 unspecified atom stereocenters. The van der Waals surface area contributed by atoms with Crippen molar-refractivity contribution in [2.75, 3.05) is 53.7 Å². The van der Waals surface area contributed by atoms with Crippen LogP contribution in [0.15, 0.2) is 54.7 Å². The van der Waals surface area contributed by atoms with E-state index in [1.54, 1.807) is 49.2 Å². The smallest absolute Gasteiger partial charge is 0.497 e. The van der Waals surface area contributed by atoms with E-state index in [2.05, 4.69) is 15.2 Å². The van der Waals surface area contributed by atoms with Crippen LogP contribution >= 0.6 is 0 Å². The summed E-state index contributed by atoms with van der Waals surface area (Å²) in [4.78, 5) is 15.1. The number of aromatic nitrogens is 3. The minimum absolute atomic E-state index is 0.148. The Kier molecular flexibility index (Phi) is 9.80. The van der Waals surface area contributed by atoms with E-state index in [1.165, 1.54) is 6.08 Å². The quantitative estimate of drug-likeness (QED) is 0.180. The standard InChI is InChI=1S/C29H36N4O7Si/c1-35-26-9-7-23(29(20-26)36-2)8-10-28(34)24-5-3-6-27(19-24)37-22-25-21-33(31-30-25)11-4-18-41-38-15-12-32(13-16-39-41)14-17-40-41/h3,5-10,19-21H,4,11-18,22H2,1-2H3/b10-8+. The summed E-state index contributed by atoms with van der Waals surface area (Å²) in [5, 5.41) is 8.47. The van der Waals surface area contributed by atoms with Gasteiger partial charge in [0.1, 0.15) is 29.5 Å². The molecule has 3 saturated heterocycles. The Bertz CT molecular complexity index is 1320. The average Bonchev–Trinajstić information content (AvgIpc) is 3.42. The van der Waals surface area contributed by atoms with Crippen molar-refractivity contribution in [3.05, 3.63) is 71.6 Å². The van der Waals surface area contributed by atoms with Crippen molar-refractivity contribution in [1.82, 2.24) is 19.9 Å². The third kappa shape index (κ3) is 7.80. The highest BCUT2D eigenvalue weighted by atomic mass is 28.4. The molecule has 6 rings (SSSR count). The van der Waals surface area contributed by atoms with Gasteiger partial charge in [-0.2, -0.15) is 0 Å². The maximum absolute atomic E-state index is 12.8. The van der Waals surface area contributed by atoms with Gasteiger partial charge in [-0.25, -0.2) is 0 Å². The van der Waals surface area contributed by atoms with E-state index in [9.17, 15) is 4.79 Å². The number of ketones is 1. The molecule has 2 bridgehead atoms. The number of nitrogens with zero attached hydrogens (tertiary/aromatic N) is 4. The second kappa shape index (κ2) is 13.9. The molecule has 0 saturated carbocycles. The number of fused-ring (bicyclic) bond motifs is 6. The zero-order chi connectivity index (χ0) is 28.5. The van der Waals surface area contributed by atoms with Crippen molar-refractivity contribution >= 4 is 20.7 Å². The molecule has 218 valence electrons. The van der Waals surface area contributed by atoms with Gasteiger partial charge in [0.05, 0.1) is 40.2 Å². The van der Waals surface area contributed by atoms with Gasteiger partial charge in [0.25, 0.3) is 0 Å². The highest BCUT2D eigenvalue weighted by Crippen LogP contribution is 2.26. The molecule has 0 amide bonds. The third-order valence-electron chi connectivity index (χ3n) is 7.00. The van der Waals surface area contributed by atoms with Crippen LogP contribution < -0.4 is 14.2 Å². The van der Waals surface area contributed by atoms with E-state index in [0.717, 1.165) is 37.7 Å². The summed E-state index contributed by atoms with van der Waals surface area (Å²) < 4.78 is 36.7. The first-order valence-electron chi connectivity index (χ1n) is 13.8. The van der Waals surface area contributed by atoms with Gasteiger partial charge in [0, 0.05) is 49.4 Å². The number of ether oxygens (including phenoxy) is 3. The highest BCUT2D eigenvalue weighted by molar-refractivity contribution is 6.60. The van der Waals surface area contributed by atoms with Gasteiger partial charge in [-0.15, -0.1) is 5.10 Å². The predicted molar refractivity (Wildman–Crippen MR) is 153 cm³/mol. The first kappa shape index (κ1) is 29.0. The van der Waals surface area contributed by atoms with Crippen molar-refractivity contribution in [2.24, 2.45) is 0 Å². The fourth-order valence-corrected chi connectivity index (χ4v) is 7.23. The number of carbonyl (C=O) groups excluding carboxylic acids is 1. The second-order valence-electron chi connectivity index (χ2n) is 9.77. The summed E-state index contributed by atoms with van der Waals surface area (Å²) in [5.74, 6) is 1.73. The van der Waals surface area contributed by atoms with Gasteiger partial charge in [-0.05, 0) is 42.8 Å². The molecule has 2 aromatic carbocycles. The summed E-state index contributed by atoms with van der Waals surface area (Å²) in [6, 6.07) is 13.3. The van der Waals surface area contributed by atoms with E-state index in [-0.39, 0.29) is 12.4 Å². The molecule has 12 heteroatoms. The van der Waals surface area contributed by atoms with Crippen molar-refractivity contribution in [3.63, 3.8) is 0 Å². The van der Waals surface area contributed by atoms with E-state index >= 15 is 0 Å². The summed E-state index contributed by atoms with van der Waals surface area (Å²) in [7, 11) is 0.534. The number of allylic oxidation sites excluding steroid dienone is 1. The Hall–Kier alpha value is -3.55. The lowest BCUT2D eigenvalue weighted by Gasteiger charge is -2.38. The predicted octanol–water partition coefficient (Wildman–Crippen LogP) is 3.48. The van der Waals surface area contributed by atoms with Crippen LogP contribution in [-0.4, -0.2) is 88.2 Å². The summed E-state index contributed by atoms with van der Waals surface area (Å²) in [5.41, 5.74) is 1.99. The maximum atomic E-state index is 12.8. The fourth-order valence-electron chi connectivity index (χ4n) is 4.75. The second-order valence-corrected chi connectivity index (χ2v) is 12.5. The van der Waals surface area contributed by atoms with E-state index in [0.29, 0.717) is 54.9 Å². The minimum atomic E-state index is -2.64. The first-order chi connectivity index (χ1) is 20.1. The van der Waals surface area contributed by atoms with Crippen LogP contribution in [0.3, 0.4) is 0 Å². The number of carbonyl (C=O) groups is 1.